The van der Waals surface area contributed by atoms with Crippen LogP contribution in [0.4, 0.5) is 4.39 Å². The minimum absolute atomic E-state index is 0.153. The smallest absolute Gasteiger partial charge is 0.490 e. The van der Waals surface area contributed by atoms with E-state index in [1.54, 1.807) is 0 Å². The van der Waals surface area contributed by atoms with Crippen molar-refractivity contribution in [1.29, 1.82) is 0 Å². The molecule has 0 aliphatic carbocycles. The van der Waals surface area contributed by atoms with Gasteiger partial charge in [0.05, 0.1) is 18.8 Å². The molecule has 1 aromatic carbocycles. The van der Waals surface area contributed by atoms with Crippen molar-refractivity contribution in [3.63, 3.8) is 0 Å². The number of hydrogen-bond acceptors (Lipinski definition) is 5. The van der Waals surface area contributed by atoms with Crippen LogP contribution in [-0.2, 0) is 9.47 Å². The lowest BCUT2D eigenvalue weighted by Crippen LogP contribution is -2.45. The van der Waals surface area contributed by atoms with Gasteiger partial charge in [0, 0.05) is 37.4 Å². The summed E-state index contributed by atoms with van der Waals surface area (Å²) in [5.41, 5.74) is -0.145. The first kappa shape index (κ1) is 14.8. The first-order valence-electron chi connectivity index (χ1n) is 7.12. The second-order valence-corrected chi connectivity index (χ2v) is 5.62. The molecule has 0 aromatic heterocycles. The molecule has 0 amide bonds. The highest BCUT2D eigenvalue weighted by molar-refractivity contribution is 6.59. The van der Waals surface area contributed by atoms with Gasteiger partial charge >= 0.3 is 7.12 Å². The highest BCUT2D eigenvalue weighted by Crippen LogP contribution is 2.34. The Bertz CT molecular complexity index is 504. The van der Waals surface area contributed by atoms with Crippen LogP contribution in [0.2, 0.25) is 0 Å². The van der Waals surface area contributed by atoms with Crippen molar-refractivity contribution < 1.29 is 28.6 Å². The third-order valence-corrected chi connectivity index (χ3v) is 4.06. The van der Waals surface area contributed by atoms with Gasteiger partial charge in [0.25, 0.3) is 0 Å². The Morgan fingerprint density at radius 2 is 2.19 bits per heavy atom. The molecule has 21 heavy (non-hydrogen) atoms. The highest BCUT2D eigenvalue weighted by atomic mass is 19.1. The van der Waals surface area contributed by atoms with Crippen molar-refractivity contribution in [3.05, 3.63) is 24.0 Å². The minimum Gasteiger partial charge on any atom is -0.490 e. The van der Waals surface area contributed by atoms with Gasteiger partial charge in [-0.2, -0.15) is 0 Å². The monoisotopic (exact) mass is 296 g/mol. The van der Waals surface area contributed by atoms with Gasteiger partial charge in [0.1, 0.15) is 17.7 Å². The van der Waals surface area contributed by atoms with E-state index in [0.29, 0.717) is 32.7 Å². The van der Waals surface area contributed by atoms with E-state index in [1.807, 2.05) is 0 Å². The summed E-state index contributed by atoms with van der Waals surface area (Å²) < 4.78 is 30.4. The molecule has 2 fully saturated rings. The summed E-state index contributed by atoms with van der Waals surface area (Å²) in [6.07, 6.45) is 2.01. The van der Waals surface area contributed by atoms with Gasteiger partial charge in [-0.25, -0.2) is 4.39 Å². The van der Waals surface area contributed by atoms with E-state index in [9.17, 15) is 14.4 Å². The number of halogens is 1. The maximum Gasteiger partial charge on any atom is 0.492 e. The van der Waals surface area contributed by atoms with Crippen LogP contribution < -0.4 is 10.2 Å². The van der Waals surface area contributed by atoms with Crippen molar-refractivity contribution in [2.24, 2.45) is 0 Å². The summed E-state index contributed by atoms with van der Waals surface area (Å²) in [6.45, 7) is 1.78. The quantitative estimate of drug-likeness (QED) is 0.781. The second kappa shape index (κ2) is 5.92. The van der Waals surface area contributed by atoms with Crippen LogP contribution in [0.3, 0.4) is 0 Å². The van der Waals surface area contributed by atoms with Crippen molar-refractivity contribution in [3.8, 4) is 5.75 Å². The number of hydrogen-bond donors (Lipinski definition) is 2. The van der Waals surface area contributed by atoms with E-state index in [-0.39, 0.29) is 22.9 Å². The highest BCUT2D eigenvalue weighted by Gasteiger charge is 2.42. The summed E-state index contributed by atoms with van der Waals surface area (Å²) >= 11 is 0. The van der Waals surface area contributed by atoms with Crippen LogP contribution in [0.25, 0.3) is 0 Å². The molecule has 2 atom stereocenters. The third kappa shape index (κ3) is 3.21. The predicted octanol–water partition coefficient (Wildman–Crippen LogP) is 0.222. The molecule has 2 saturated heterocycles. The molecule has 2 aliphatic rings. The molecular weight excluding hydrogens is 278 g/mol. The van der Waals surface area contributed by atoms with Crippen molar-refractivity contribution in [2.45, 2.75) is 31.0 Å². The van der Waals surface area contributed by atoms with E-state index in [2.05, 4.69) is 0 Å². The van der Waals surface area contributed by atoms with Crippen molar-refractivity contribution >= 4 is 12.6 Å². The molecule has 114 valence electrons. The largest absolute Gasteiger partial charge is 0.492 e. The van der Waals surface area contributed by atoms with Gasteiger partial charge in [-0.05, 0) is 6.07 Å². The van der Waals surface area contributed by atoms with Crippen LogP contribution in [0.1, 0.15) is 19.3 Å². The van der Waals surface area contributed by atoms with E-state index in [4.69, 9.17) is 14.2 Å². The van der Waals surface area contributed by atoms with Crippen LogP contribution in [0, 0.1) is 5.82 Å². The maximum atomic E-state index is 13.4. The Hall–Kier alpha value is -1.15. The number of benzene rings is 1. The molecule has 3 rings (SSSR count). The van der Waals surface area contributed by atoms with Crippen LogP contribution >= 0.6 is 0 Å². The maximum absolute atomic E-state index is 13.4. The molecule has 2 N–H and O–H groups in total. The Labute approximate surface area is 122 Å². The van der Waals surface area contributed by atoms with Gasteiger partial charge in [0.2, 0.25) is 0 Å². The summed E-state index contributed by atoms with van der Waals surface area (Å²) in [6, 6.07) is 3.68. The topological polar surface area (TPSA) is 68.2 Å². The zero-order valence-electron chi connectivity index (χ0n) is 11.6. The average molecular weight is 296 g/mol. The van der Waals surface area contributed by atoms with E-state index in [0.717, 1.165) is 6.42 Å². The molecule has 1 aromatic rings. The molecule has 7 heteroatoms. The van der Waals surface area contributed by atoms with Crippen LogP contribution in [0.15, 0.2) is 18.2 Å². The Kier molecular flexibility index (Phi) is 4.17. The molecule has 0 radical (unpaired) electrons. The van der Waals surface area contributed by atoms with Gasteiger partial charge in [-0.1, -0.05) is 6.07 Å². The Balaban J connectivity index is 1.75. The summed E-state index contributed by atoms with van der Waals surface area (Å²) in [4.78, 5) is 0. The molecule has 0 bridgehead atoms. The Morgan fingerprint density at radius 1 is 1.33 bits per heavy atom. The van der Waals surface area contributed by atoms with Gasteiger partial charge in [0.15, 0.2) is 0 Å². The van der Waals surface area contributed by atoms with Crippen LogP contribution in [0.5, 0.6) is 5.75 Å². The first-order valence-corrected chi connectivity index (χ1v) is 7.12. The standard InChI is InChI=1S/C14H18BFO5/c16-10-1-2-12(15(17)18)13(7-10)21-11-3-5-20-14(8-11)4-6-19-9-14/h1-2,7,11,17-18H,3-6,8-9H2. The fraction of sp³-hybridized carbons (Fsp3) is 0.571. The van der Waals surface area contributed by atoms with E-state index in [1.165, 1.54) is 18.2 Å². The number of rotatable bonds is 3. The Morgan fingerprint density at radius 3 is 2.90 bits per heavy atom. The second-order valence-electron chi connectivity index (χ2n) is 5.62. The zero-order chi connectivity index (χ0) is 14.9. The minimum atomic E-state index is -1.69. The molecular formula is C14H18BFO5. The van der Waals surface area contributed by atoms with E-state index >= 15 is 0 Å². The average Bonchev–Trinajstić information content (AvgIpc) is 2.86. The number of ether oxygens (including phenoxy) is 3. The summed E-state index contributed by atoms with van der Waals surface area (Å²) in [5, 5.41) is 18.7. The lowest BCUT2D eigenvalue weighted by Gasteiger charge is -2.37. The van der Waals surface area contributed by atoms with Crippen molar-refractivity contribution in [2.75, 3.05) is 19.8 Å². The predicted molar refractivity (Wildman–Crippen MR) is 74.0 cm³/mol. The molecule has 2 aliphatic heterocycles. The lowest BCUT2D eigenvalue weighted by atomic mass is 9.79. The fourth-order valence-corrected chi connectivity index (χ4v) is 2.95. The normalized spacial score (nSPS) is 28.8. The molecule has 2 heterocycles. The van der Waals surface area contributed by atoms with Gasteiger partial charge in [-0.3, -0.25) is 0 Å². The zero-order valence-corrected chi connectivity index (χ0v) is 11.6. The lowest BCUT2D eigenvalue weighted by molar-refractivity contribution is -0.112. The fourth-order valence-electron chi connectivity index (χ4n) is 2.95. The van der Waals surface area contributed by atoms with Crippen LogP contribution in [-0.4, -0.2) is 48.7 Å². The molecule has 0 saturated carbocycles. The van der Waals surface area contributed by atoms with E-state index < -0.39 is 12.9 Å². The first-order chi connectivity index (χ1) is 10.1. The van der Waals surface area contributed by atoms with Gasteiger partial charge < -0.3 is 24.3 Å². The SMILES string of the molecule is OB(O)c1ccc(F)cc1OC1CCOC2(CCOC2)C1. The summed E-state index contributed by atoms with van der Waals surface area (Å²) in [7, 11) is -1.69. The summed E-state index contributed by atoms with van der Waals surface area (Å²) in [5.74, 6) is -0.300. The van der Waals surface area contributed by atoms with Gasteiger partial charge in [-0.15, -0.1) is 0 Å². The molecule has 1 spiro atoms. The molecule has 5 nitrogen and oxygen atoms in total. The third-order valence-electron chi connectivity index (χ3n) is 4.06. The van der Waals surface area contributed by atoms with Crippen molar-refractivity contribution in [1.82, 2.24) is 0 Å². The molecule has 2 unspecified atom stereocenters.